The van der Waals surface area contributed by atoms with Gasteiger partial charge in [-0.2, -0.15) is 0 Å². The van der Waals surface area contributed by atoms with Crippen LogP contribution in [0.2, 0.25) is 0 Å². The molecule has 8 heteroatoms. The van der Waals surface area contributed by atoms with Crippen molar-refractivity contribution in [3.05, 3.63) is 36.4 Å². The maximum Gasteiger partial charge on any atom is 0.407 e. The number of hydrogen-bond donors (Lipinski definition) is 3. The van der Waals surface area contributed by atoms with E-state index >= 15 is 0 Å². The first-order chi connectivity index (χ1) is 13.5. The third-order valence-corrected chi connectivity index (χ3v) is 5.54. The van der Waals surface area contributed by atoms with Gasteiger partial charge in [0, 0.05) is 37.3 Å². The molecule has 8 nitrogen and oxygen atoms in total. The number of amides is 2. The highest BCUT2D eigenvalue weighted by molar-refractivity contribution is 5.88. The van der Waals surface area contributed by atoms with Gasteiger partial charge in [-0.15, -0.1) is 10.2 Å². The summed E-state index contributed by atoms with van der Waals surface area (Å²) in [5.41, 5.74) is 2.44. The molecule has 1 saturated heterocycles. The lowest BCUT2D eigenvalue weighted by Crippen LogP contribution is -2.29. The maximum absolute atomic E-state index is 11.1. The molecule has 0 radical (unpaired) electrons. The average Bonchev–Trinajstić information content (AvgIpc) is 3.21. The molecule has 4 rings (SSSR count). The largest absolute Gasteiger partial charge is 0.465 e. The smallest absolute Gasteiger partial charge is 0.407 e. The van der Waals surface area contributed by atoms with Gasteiger partial charge in [0.25, 0.3) is 0 Å². The number of nitrogens with zero attached hydrogens (tertiary/aromatic N) is 3. The fraction of sp³-hybridized carbons (Fsp3) is 0.400. The molecule has 146 valence electrons. The van der Waals surface area contributed by atoms with Crippen molar-refractivity contribution in [1.29, 1.82) is 0 Å². The lowest BCUT2D eigenvalue weighted by molar-refractivity contribution is -0.114. The van der Waals surface area contributed by atoms with E-state index in [1.807, 2.05) is 36.4 Å². The van der Waals surface area contributed by atoms with Gasteiger partial charge in [-0.3, -0.25) is 4.79 Å². The fourth-order valence-electron chi connectivity index (χ4n) is 4.27. The van der Waals surface area contributed by atoms with E-state index in [1.54, 1.807) is 0 Å². The predicted molar refractivity (Wildman–Crippen MR) is 105 cm³/mol. The van der Waals surface area contributed by atoms with Crippen LogP contribution in [0.15, 0.2) is 36.4 Å². The molecule has 1 aromatic carbocycles. The summed E-state index contributed by atoms with van der Waals surface area (Å²) in [5, 5.41) is 23.9. The number of anilines is 2. The number of benzene rings is 1. The molecule has 2 heterocycles. The van der Waals surface area contributed by atoms with Crippen molar-refractivity contribution in [1.82, 2.24) is 15.1 Å². The van der Waals surface area contributed by atoms with E-state index in [1.165, 1.54) is 11.8 Å². The SMILES string of the molecule is CC(=O)Nc1ccc(-c2ccc(NC3C[C@@H]4CN(C(=O)O)C[C@@H]4C3)nn2)cc1. The monoisotopic (exact) mass is 381 g/mol. The summed E-state index contributed by atoms with van der Waals surface area (Å²) in [6, 6.07) is 11.6. The Morgan fingerprint density at radius 3 is 2.25 bits per heavy atom. The van der Waals surface area contributed by atoms with E-state index in [4.69, 9.17) is 5.11 Å². The Morgan fingerprint density at radius 1 is 1.04 bits per heavy atom. The minimum Gasteiger partial charge on any atom is -0.465 e. The molecular formula is C20H23N5O3. The Kier molecular flexibility index (Phi) is 4.85. The van der Waals surface area contributed by atoms with Gasteiger partial charge in [0.2, 0.25) is 5.91 Å². The van der Waals surface area contributed by atoms with Gasteiger partial charge in [0.05, 0.1) is 5.69 Å². The summed E-state index contributed by atoms with van der Waals surface area (Å²) in [4.78, 5) is 23.7. The van der Waals surface area contributed by atoms with Gasteiger partial charge in [-0.25, -0.2) is 4.79 Å². The second kappa shape index (κ2) is 7.46. The van der Waals surface area contributed by atoms with E-state index in [-0.39, 0.29) is 5.91 Å². The first-order valence-electron chi connectivity index (χ1n) is 9.44. The van der Waals surface area contributed by atoms with E-state index in [2.05, 4.69) is 20.8 Å². The van der Waals surface area contributed by atoms with Crippen molar-refractivity contribution in [3.63, 3.8) is 0 Å². The second-order valence-corrected chi connectivity index (χ2v) is 7.58. The van der Waals surface area contributed by atoms with Crippen LogP contribution in [0.1, 0.15) is 19.8 Å². The highest BCUT2D eigenvalue weighted by atomic mass is 16.4. The van der Waals surface area contributed by atoms with Gasteiger partial charge in [-0.05, 0) is 48.9 Å². The topological polar surface area (TPSA) is 107 Å². The van der Waals surface area contributed by atoms with Crippen LogP contribution in [0.5, 0.6) is 0 Å². The summed E-state index contributed by atoms with van der Waals surface area (Å²) in [6.45, 7) is 2.75. The van der Waals surface area contributed by atoms with Gasteiger partial charge < -0.3 is 20.6 Å². The number of aromatic nitrogens is 2. The van der Waals surface area contributed by atoms with Crippen LogP contribution in [0.25, 0.3) is 11.3 Å². The summed E-state index contributed by atoms with van der Waals surface area (Å²) >= 11 is 0. The van der Waals surface area contributed by atoms with Crippen LogP contribution < -0.4 is 10.6 Å². The van der Waals surface area contributed by atoms with E-state index in [0.29, 0.717) is 31.0 Å². The lowest BCUT2D eigenvalue weighted by Gasteiger charge is -2.17. The standard InChI is InChI=1S/C20H23N5O3/c1-12(26)21-16-4-2-13(3-5-16)18-6-7-19(24-23-18)22-17-8-14-10-25(20(27)28)11-15(14)9-17/h2-7,14-15,17H,8-11H2,1H3,(H,21,26)(H,22,24)(H,27,28)/t14-,15+,17?. The molecule has 2 aliphatic rings. The van der Waals surface area contributed by atoms with Crippen molar-refractivity contribution in [2.75, 3.05) is 23.7 Å². The minimum absolute atomic E-state index is 0.102. The van der Waals surface area contributed by atoms with Gasteiger partial charge in [0.1, 0.15) is 5.82 Å². The zero-order valence-corrected chi connectivity index (χ0v) is 15.6. The number of likely N-dealkylation sites (tertiary alicyclic amines) is 1. The minimum atomic E-state index is -0.814. The first-order valence-corrected chi connectivity index (χ1v) is 9.44. The van der Waals surface area contributed by atoms with Gasteiger partial charge in [-0.1, -0.05) is 12.1 Å². The zero-order chi connectivity index (χ0) is 19.7. The highest BCUT2D eigenvalue weighted by Crippen LogP contribution is 2.39. The summed E-state index contributed by atoms with van der Waals surface area (Å²) in [6.07, 6.45) is 1.11. The van der Waals surface area contributed by atoms with Crippen LogP contribution in [0, 0.1) is 11.8 Å². The molecule has 2 amide bonds. The van der Waals surface area contributed by atoms with Crippen LogP contribution in [-0.4, -0.2) is 51.3 Å². The number of hydrogen-bond acceptors (Lipinski definition) is 5. The van der Waals surface area contributed by atoms with E-state index in [9.17, 15) is 9.59 Å². The number of carbonyl (C=O) groups excluding carboxylic acids is 1. The number of fused-ring (bicyclic) bond motifs is 1. The van der Waals surface area contributed by atoms with E-state index < -0.39 is 6.09 Å². The van der Waals surface area contributed by atoms with Crippen LogP contribution in [-0.2, 0) is 4.79 Å². The van der Waals surface area contributed by atoms with Crippen molar-refractivity contribution in [2.45, 2.75) is 25.8 Å². The lowest BCUT2D eigenvalue weighted by atomic mass is 10.0. The number of nitrogens with one attached hydrogen (secondary N) is 2. The Bertz CT molecular complexity index is 854. The van der Waals surface area contributed by atoms with Crippen LogP contribution in [0.4, 0.5) is 16.3 Å². The Balaban J connectivity index is 1.34. The molecule has 0 spiro atoms. The maximum atomic E-state index is 11.1. The first kappa shape index (κ1) is 18.2. The molecule has 1 aromatic heterocycles. The molecule has 2 aromatic rings. The Morgan fingerprint density at radius 2 is 1.71 bits per heavy atom. The molecule has 3 N–H and O–H groups in total. The van der Waals surface area contributed by atoms with Gasteiger partial charge >= 0.3 is 6.09 Å². The molecule has 1 aliphatic carbocycles. The van der Waals surface area contributed by atoms with Crippen molar-refractivity contribution in [3.8, 4) is 11.3 Å². The number of carboxylic acid groups (broad SMARTS) is 1. The quantitative estimate of drug-likeness (QED) is 0.752. The highest BCUT2D eigenvalue weighted by Gasteiger charge is 2.42. The normalized spacial score (nSPS) is 23.3. The molecule has 2 fully saturated rings. The summed E-state index contributed by atoms with van der Waals surface area (Å²) in [5.74, 6) is 1.50. The Labute approximate surface area is 163 Å². The molecule has 1 unspecified atom stereocenters. The third-order valence-electron chi connectivity index (χ3n) is 5.54. The molecule has 28 heavy (non-hydrogen) atoms. The van der Waals surface area contributed by atoms with Crippen molar-refractivity contribution in [2.24, 2.45) is 11.8 Å². The van der Waals surface area contributed by atoms with Crippen molar-refractivity contribution < 1.29 is 14.7 Å². The number of carbonyl (C=O) groups is 2. The molecule has 0 bridgehead atoms. The third kappa shape index (κ3) is 3.90. The van der Waals surface area contributed by atoms with Crippen LogP contribution >= 0.6 is 0 Å². The fourth-order valence-corrected chi connectivity index (χ4v) is 4.27. The summed E-state index contributed by atoms with van der Waals surface area (Å²) < 4.78 is 0. The number of rotatable bonds is 4. The summed E-state index contributed by atoms with van der Waals surface area (Å²) in [7, 11) is 0. The van der Waals surface area contributed by atoms with E-state index in [0.717, 1.165) is 35.6 Å². The van der Waals surface area contributed by atoms with Crippen molar-refractivity contribution >= 4 is 23.5 Å². The molecule has 3 atom stereocenters. The van der Waals surface area contributed by atoms with Crippen LogP contribution in [0.3, 0.4) is 0 Å². The second-order valence-electron chi connectivity index (χ2n) is 7.58. The zero-order valence-electron chi connectivity index (χ0n) is 15.6. The molecule has 1 aliphatic heterocycles. The molecular weight excluding hydrogens is 358 g/mol. The predicted octanol–water partition coefficient (Wildman–Crippen LogP) is 2.90. The Hall–Kier alpha value is -3.16. The molecule has 1 saturated carbocycles. The average molecular weight is 381 g/mol. The van der Waals surface area contributed by atoms with Gasteiger partial charge in [0.15, 0.2) is 0 Å².